The van der Waals surface area contributed by atoms with E-state index in [-0.39, 0.29) is 36.0 Å². The predicted molar refractivity (Wildman–Crippen MR) is 84.4 cm³/mol. The summed E-state index contributed by atoms with van der Waals surface area (Å²) in [6, 6.07) is 0.168. The normalized spacial score (nSPS) is 30.1. The molecule has 22 heavy (non-hydrogen) atoms. The van der Waals surface area contributed by atoms with E-state index in [9.17, 15) is 9.59 Å². The van der Waals surface area contributed by atoms with Crippen molar-refractivity contribution >= 4 is 11.8 Å². The topological polar surface area (TPSA) is 61.9 Å². The summed E-state index contributed by atoms with van der Waals surface area (Å²) in [6.07, 6.45) is 0.827. The molecule has 0 spiro atoms. The molecule has 0 aromatic rings. The van der Waals surface area contributed by atoms with E-state index in [0.717, 1.165) is 19.6 Å². The maximum absolute atomic E-state index is 12.2. The zero-order valence-corrected chi connectivity index (χ0v) is 14.2. The highest BCUT2D eigenvalue weighted by atomic mass is 16.5. The van der Waals surface area contributed by atoms with Crippen LogP contribution >= 0.6 is 0 Å². The van der Waals surface area contributed by atoms with Gasteiger partial charge in [-0.15, -0.1) is 0 Å². The summed E-state index contributed by atoms with van der Waals surface area (Å²) in [5.74, 6) is -0.103. The Morgan fingerprint density at radius 2 is 1.91 bits per heavy atom. The molecule has 2 heterocycles. The quantitative estimate of drug-likeness (QED) is 0.802. The van der Waals surface area contributed by atoms with E-state index in [1.54, 1.807) is 4.90 Å². The van der Waals surface area contributed by atoms with Crippen molar-refractivity contribution in [3.8, 4) is 0 Å². The smallest absolute Gasteiger partial charge is 0.225 e. The molecule has 0 radical (unpaired) electrons. The van der Waals surface area contributed by atoms with Crippen LogP contribution in [0.25, 0.3) is 0 Å². The van der Waals surface area contributed by atoms with Crippen molar-refractivity contribution < 1.29 is 14.3 Å². The van der Waals surface area contributed by atoms with Gasteiger partial charge in [0.15, 0.2) is 0 Å². The van der Waals surface area contributed by atoms with Gasteiger partial charge in [0.05, 0.1) is 18.1 Å². The van der Waals surface area contributed by atoms with Crippen LogP contribution in [0.15, 0.2) is 0 Å². The summed E-state index contributed by atoms with van der Waals surface area (Å²) in [5, 5.41) is 2.98. The standard InChI is InChI=1S/C16H29N3O3/c1-11(2)19-10-14(7-15(19)20)16(21)17-5-6-18-8-12(3)22-13(4)9-18/h11-14H,5-10H2,1-4H3,(H,17,21)/t12-,13-,14-/m1/s1. The summed E-state index contributed by atoms with van der Waals surface area (Å²) in [5.41, 5.74) is 0. The van der Waals surface area contributed by atoms with Crippen LogP contribution in [-0.2, 0) is 14.3 Å². The van der Waals surface area contributed by atoms with Gasteiger partial charge >= 0.3 is 0 Å². The van der Waals surface area contributed by atoms with Gasteiger partial charge in [-0.2, -0.15) is 0 Å². The molecule has 6 heteroatoms. The first-order valence-electron chi connectivity index (χ1n) is 8.31. The molecule has 0 unspecified atom stereocenters. The lowest BCUT2D eigenvalue weighted by Crippen LogP contribution is -2.48. The monoisotopic (exact) mass is 311 g/mol. The van der Waals surface area contributed by atoms with E-state index in [0.29, 0.717) is 19.5 Å². The predicted octanol–water partition coefficient (Wildman–Crippen LogP) is 0.469. The van der Waals surface area contributed by atoms with Crippen molar-refractivity contribution in [2.45, 2.75) is 52.4 Å². The van der Waals surface area contributed by atoms with E-state index >= 15 is 0 Å². The minimum absolute atomic E-state index is 0.00542. The van der Waals surface area contributed by atoms with Gasteiger partial charge in [0, 0.05) is 45.2 Å². The molecule has 6 nitrogen and oxygen atoms in total. The first kappa shape index (κ1) is 17.2. The fourth-order valence-corrected chi connectivity index (χ4v) is 3.35. The number of carbonyl (C=O) groups excluding carboxylic acids is 2. The molecular formula is C16H29N3O3. The van der Waals surface area contributed by atoms with Crippen molar-refractivity contribution in [1.29, 1.82) is 0 Å². The maximum Gasteiger partial charge on any atom is 0.225 e. The highest BCUT2D eigenvalue weighted by Crippen LogP contribution is 2.20. The molecule has 126 valence electrons. The molecule has 2 rings (SSSR count). The first-order valence-corrected chi connectivity index (χ1v) is 8.31. The third-order valence-corrected chi connectivity index (χ3v) is 4.38. The molecule has 0 saturated carbocycles. The van der Waals surface area contributed by atoms with Gasteiger partial charge in [-0.05, 0) is 27.7 Å². The number of nitrogens with zero attached hydrogens (tertiary/aromatic N) is 2. The van der Waals surface area contributed by atoms with E-state index in [1.165, 1.54) is 0 Å². The van der Waals surface area contributed by atoms with Gasteiger partial charge in [0.25, 0.3) is 0 Å². The Balaban J connectivity index is 1.71. The minimum Gasteiger partial charge on any atom is -0.373 e. The molecule has 2 amide bonds. The fraction of sp³-hybridized carbons (Fsp3) is 0.875. The molecule has 0 aliphatic carbocycles. The van der Waals surface area contributed by atoms with E-state index < -0.39 is 0 Å². The van der Waals surface area contributed by atoms with Crippen molar-refractivity contribution in [2.24, 2.45) is 5.92 Å². The molecule has 0 aromatic carbocycles. The van der Waals surface area contributed by atoms with Crippen LogP contribution in [-0.4, -0.2) is 72.6 Å². The lowest BCUT2D eigenvalue weighted by Gasteiger charge is -2.35. The first-order chi connectivity index (χ1) is 10.4. The maximum atomic E-state index is 12.2. The number of nitrogens with one attached hydrogen (secondary N) is 1. The molecule has 2 fully saturated rings. The Morgan fingerprint density at radius 1 is 1.27 bits per heavy atom. The number of carbonyl (C=O) groups is 2. The Bertz CT molecular complexity index is 403. The molecule has 1 N–H and O–H groups in total. The van der Waals surface area contributed by atoms with Crippen LogP contribution in [0, 0.1) is 5.92 Å². The second-order valence-electron chi connectivity index (χ2n) is 6.85. The van der Waals surface area contributed by atoms with Gasteiger partial charge in [-0.25, -0.2) is 0 Å². The Labute approximate surface area is 133 Å². The molecule has 2 aliphatic heterocycles. The number of ether oxygens (including phenoxy) is 1. The summed E-state index contributed by atoms with van der Waals surface area (Å²) in [6.45, 7) is 11.9. The average Bonchev–Trinajstić information content (AvgIpc) is 2.80. The molecule has 2 saturated heterocycles. The highest BCUT2D eigenvalue weighted by molar-refractivity contribution is 5.89. The molecular weight excluding hydrogens is 282 g/mol. The summed E-state index contributed by atoms with van der Waals surface area (Å²) >= 11 is 0. The van der Waals surface area contributed by atoms with Gasteiger partial charge in [0.2, 0.25) is 11.8 Å². The Hall–Kier alpha value is -1.14. The lowest BCUT2D eigenvalue weighted by molar-refractivity contribution is -0.130. The van der Waals surface area contributed by atoms with Crippen LogP contribution in [0.1, 0.15) is 34.1 Å². The number of hydrogen-bond donors (Lipinski definition) is 1. The van der Waals surface area contributed by atoms with Crippen LogP contribution in [0.3, 0.4) is 0 Å². The number of amides is 2. The molecule has 3 atom stereocenters. The third-order valence-electron chi connectivity index (χ3n) is 4.38. The van der Waals surface area contributed by atoms with Gasteiger partial charge in [-0.3, -0.25) is 14.5 Å². The van der Waals surface area contributed by atoms with Crippen LogP contribution in [0.5, 0.6) is 0 Å². The third kappa shape index (κ3) is 4.43. The van der Waals surface area contributed by atoms with Crippen LogP contribution < -0.4 is 5.32 Å². The number of likely N-dealkylation sites (tertiary alicyclic amines) is 1. The minimum atomic E-state index is -0.197. The number of morpholine rings is 1. The lowest BCUT2D eigenvalue weighted by atomic mass is 10.1. The number of rotatable bonds is 5. The van der Waals surface area contributed by atoms with Crippen molar-refractivity contribution in [3.05, 3.63) is 0 Å². The Morgan fingerprint density at radius 3 is 2.45 bits per heavy atom. The van der Waals surface area contributed by atoms with Crippen molar-refractivity contribution in [3.63, 3.8) is 0 Å². The summed E-state index contributed by atoms with van der Waals surface area (Å²) in [4.78, 5) is 28.1. The van der Waals surface area contributed by atoms with Crippen LogP contribution in [0.4, 0.5) is 0 Å². The fourth-order valence-electron chi connectivity index (χ4n) is 3.35. The van der Waals surface area contributed by atoms with Crippen molar-refractivity contribution in [1.82, 2.24) is 15.1 Å². The van der Waals surface area contributed by atoms with Gasteiger partial charge < -0.3 is 15.0 Å². The largest absolute Gasteiger partial charge is 0.373 e. The highest BCUT2D eigenvalue weighted by Gasteiger charge is 2.35. The second-order valence-corrected chi connectivity index (χ2v) is 6.85. The van der Waals surface area contributed by atoms with E-state index in [1.807, 2.05) is 13.8 Å². The zero-order valence-electron chi connectivity index (χ0n) is 14.2. The van der Waals surface area contributed by atoms with Crippen LogP contribution in [0.2, 0.25) is 0 Å². The molecule has 0 bridgehead atoms. The van der Waals surface area contributed by atoms with Gasteiger partial charge in [0.1, 0.15) is 0 Å². The molecule has 0 aromatic heterocycles. The SMILES string of the molecule is CC(C)N1C[C@H](C(=O)NCCN2C[C@@H](C)O[C@H](C)C2)CC1=O. The van der Waals surface area contributed by atoms with E-state index in [2.05, 4.69) is 24.1 Å². The summed E-state index contributed by atoms with van der Waals surface area (Å²) in [7, 11) is 0. The summed E-state index contributed by atoms with van der Waals surface area (Å²) < 4.78 is 5.70. The Kier molecular flexibility index (Phi) is 5.81. The zero-order chi connectivity index (χ0) is 16.3. The molecule has 2 aliphatic rings. The van der Waals surface area contributed by atoms with Gasteiger partial charge in [-0.1, -0.05) is 0 Å². The second kappa shape index (κ2) is 7.42. The number of hydrogen-bond acceptors (Lipinski definition) is 4. The average molecular weight is 311 g/mol. The van der Waals surface area contributed by atoms with E-state index in [4.69, 9.17) is 4.74 Å². The van der Waals surface area contributed by atoms with Crippen molar-refractivity contribution in [2.75, 3.05) is 32.7 Å².